The Labute approximate surface area is 221 Å². The standard InChI is InChI=1S/C19H26FIN4O3.N3.Na/c1-19(2,3)28-18(27)25-15(13(9-4-5-9)10-6-7-10)17(26)24-12-8-11(22)14(21)16(20)23-12;1-3-2;/h8-10,13,15H,4-7H2,1-3H3,(H,25,27)(H3,22,23,24,26);;/q;-1;+1/t15-;;/m0../s1. The van der Waals surface area contributed by atoms with Gasteiger partial charge in [-0.2, -0.15) is 4.39 Å². The van der Waals surface area contributed by atoms with Crippen LogP contribution in [-0.4, -0.2) is 28.6 Å². The molecule has 0 radical (unpaired) electrons. The molecule has 0 spiro atoms. The Kier molecular flexibility index (Phi) is 11.0. The van der Waals surface area contributed by atoms with Crippen LogP contribution in [0.1, 0.15) is 46.5 Å². The molecule has 0 aromatic carbocycles. The summed E-state index contributed by atoms with van der Waals surface area (Å²) in [7, 11) is 0. The van der Waals surface area contributed by atoms with Gasteiger partial charge in [-0.05, 0) is 86.8 Å². The summed E-state index contributed by atoms with van der Waals surface area (Å²) in [5.41, 5.74) is 18.8. The van der Waals surface area contributed by atoms with Gasteiger partial charge in [0.1, 0.15) is 17.5 Å². The van der Waals surface area contributed by atoms with Crippen molar-refractivity contribution in [3.05, 3.63) is 31.6 Å². The summed E-state index contributed by atoms with van der Waals surface area (Å²) in [4.78, 5) is 30.6. The normalized spacial score (nSPS) is 15.9. The molecule has 0 bridgehead atoms. The molecule has 1 heterocycles. The van der Waals surface area contributed by atoms with Crippen molar-refractivity contribution in [1.82, 2.24) is 10.3 Å². The number of anilines is 2. The molecule has 170 valence electrons. The summed E-state index contributed by atoms with van der Waals surface area (Å²) in [5, 5.41) is 5.37. The molecule has 2 fully saturated rings. The molecule has 2 aliphatic carbocycles. The molecule has 1 atom stereocenters. The Hall–Kier alpha value is -1.34. The van der Waals surface area contributed by atoms with Gasteiger partial charge in [0.25, 0.3) is 0 Å². The van der Waals surface area contributed by atoms with Crippen LogP contribution in [-0.2, 0) is 9.53 Å². The van der Waals surface area contributed by atoms with Gasteiger partial charge < -0.3 is 32.2 Å². The van der Waals surface area contributed by atoms with E-state index in [1.54, 1.807) is 43.4 Å². The van der Waals surface area contributed by atoms with Crippen LogP contribution in [0.3, 0.4) is 0 Å². The Bertz CT molecular complexity index is 834. The third-order valence-corrected chi connectivity index (χ3v) is 5.94. The number of halogens is 2. The number of nitrogens with two attached hydrogens (primary N) is 1. The number of amides is 2. The minimum atomic E-state index is -0.764. The predicted molar refractivity (Wildman–Crippen MR) is 122 cm³/mol. The van der Waals surface area contributed by atoms with Crippen molar-refractivity contribution in [2.75, 3.05) is 11.1 Å². The molecule has 2 saturated carbocycles. The van der Waals surface area contributed by atoms with Crippen LogP contribution < -0.4 is 45.9 Å². The second kappa shape index (κ2) is 12.2. The molecule has 0 aliphatic heterocycles. The Morgan fingerprint density at radius 1 is 1.28 bits per heavy atom. The number of pyridine rings is 1. The van der Waals surface area contributed by atoms with Crippen LogP contribution in [0.15, 0.2) is 6.07 Å². The first kappa shape index (κ1) is 28.7. The Morgan fingerprint density at radius 2 is 1.78 bits per heavy atom. The molecule has 0 unspecified atom stereocenters. The monoisotopic (exact) mass is 569 g/mol. The van der Waals surface area contributed by atoms with Crippen molar-refractivity contribution >= 4 is 46.1 Å². The number of ether oxygens (including phenoxy) is 1. The van der Waals surface area contributed by atoms with Gasteiger partial charge in [0.05, 0.1) is 9.26 Å². The SMILES string of the molecule is CC(C)(C)OC(=O)N[C@H](C(=O)Nc1cc(N)c(I)c(F)n1)C(C1CC1)C1CC1.[N-]=[N+]=[N-].[Na+]. The van der Waals surface area contributed by atoms with E-state index in [9.17, 15) is 14.0 Å². The minimum Gasteiger partial charge on any atom is -0.444 e. The van der Waals surface area contributed by atoms with Gasteiger partial charge in [0.2, 0.25) is 11.9 Å². The zero-order valence-electron chi connectivity index (χ0n) is 18.6. The van der Waals surface area contributed by atoms with Crippen molar-refractivity contribution in [3.8, 4) is 0 Å². The van der Waals surface area contributed by atoms with Crippen LogP contribution in [0.2, 0.25) is 0 Å². The third-order valence-electron chi connectivity index (χ3n) is 4.87. The zero-order chi connectivity index (χ0) is 23.3. The Balaban J connectivity index is 0.00000121. The number of carbonyl (C=O) groups excluding carboxylic acids is 2. The van der Waals surface area contributed by atoms with Gasteiger partial charge in [-0.3, -0.25) is 9.71 Å². The van der Waals surface area contributed by atoms with E-state index in [-0.39, 0.29) is 50.6 Å². The number of rotatable bonds is 6. The summed E-state index contributed by atoms with van der Waals surface area (Å²) >= 11 is 1.76. The first-order chi connectivity index (χ1) is 14.5. The molecule has 3 rings (SSSR count). The first-order valence-electron chi connectivity index (χ1n) is 9.87. The van der Waals surface area contributed by atoms with Crippen molar-refractivity contribution in [3.63, 3.8) is 0 Å². The Morgan fingerprint density at radius 3 is 2.19 bits per heavy atom. The number of nitrogens with one attached hydrogen (secondary N) is 2. The number of nitrogen functional groups attached to an aromatic ring is 1. The van der Waals surface area contributed by atoms with E-state index >= 15 is 0 Å². The number of carbonyl (C=O) groups is 2. The van der Waals surface area contributed by atoms with Gasteiger partial charge in [-0.25, -0.2) is 9.78 Å². The van der Waals surface area contributed by atoms with Gasteiger partial charge in [-0.15, -0.1) is 0 Å². The van der Waals surface area contributed by atoms with Crippen LogP contribution in [0.4, 0.5) is 20.7 Å². The fourth-order valence-corrected chi connectivity index (χ4v) is 3.72. The second-order valence-corrected chi connectivity index (χ2v) is 9.74. The first-order valence-corrected chi connectivity index (χ1v) is 10.9. The predicted octanol–water partition coefficient (Wildman–Crippen LogP) is 1.55. The van der Waals surface area contributed by atoms with Gasteiger partial charge >= 0.3 is 35.7 Å². The molecule has 4 N–H and O–H groups in total. The number of alkyl carbamates (subject to hydrolysis) is 1. The minimum absolute atomic E-state index is 0. The fraction of sp³-hybridized carbons (Fsp3) is 0.632. The summed E-state index contributed by atoms with van der Waals surface area (Å²) in [6.45, 7) is 5.30. The average Bonchev–Trinajstić information content (AvgIpc) is 3.52. The van der Waals surface area contributed by atoms with E-state index in [0.29, 0.717) is 11.8 Å². The van der Waals surface area contributed by atoms with E-state index in [4.69, 9.17) is 21.5 Å². The smallest absolute Gasteiger partial charge is 0.444 e. The summed E-state index contributed by atoms with van der Waals surface area (Å²) in [6, 6.07) is 0.650. The quantitative estimate of drug-likeness (QED) is 0.118. The molecule has 10 nitrogen and oxygen atoms in total. The molecule has 0 saturated heterocycles. The third kappa shape index (κ3) is 8.89. The van der Waals surface area contributed by atoms with E-state index in [1.807, 2.05) is 0 Å². The van der Waals surface area contributed by atoms with Crippen LogP contribution >= 0.6 is 22.6 Å². The van der Waals surface area contributed by atoms with Crippen LogP contribution in [0.25, 0.3) is 16.0 Å². The summed E-state index contributed by atoms with van der Waals surface area (Å²) < 4.78 is 19.4. The molecule has 32 heavy (non-hydrogen) atoms. The second-order valence-electron chi connectivity index (χ2n) is 8.66. The number of nitrogens with zero attached hydrogens (tertiary/aromatic N) is 4. The van der Waals surface area contributed by atoms with Gasteiger partial charge in [0, 0.05) is 6.07 Å². The van der Waals surface area contributed by atoms with Crippen molar-refractivity contribution < 1.29 is 48.3 Å². The molecule has 1 aromatic rings. The van der Waals surface area contributed by atoms with E-state index < -0.39 is 29.6 Å². The van der Waals surface area contributed by atoms with E-state index in [1.165, 1.54) is 11.0 Å². The van der Waals surface area contributed by atoms with Crippen molar-refractivity contribution in [1.29, 1.82) is 0 Å². The largest absolute Gasteiger partial charge is 1.00 e. The number of hydrogen-bond acceptors (Lipinski definition) is 5. The molecular weight excluding hydrogens is 543 g/mol. The van der Waals surface area contributed by atoms with Crippen molar-refractivity contribution in [2.45, 2.75) is 58.1 Å². The maximum Gasteiger partial charge on any atom is 1.00 e. The number of hydrogen-bond donors (Lipinski definition) is 3. The maximum atomic E-state index is 13.9. The van der Waals surface area contributed by atoms with Gasteiger partial charge in [-0.1, -0.05) is 0 Å². The summed E-state index contributed by atoms with van der Waals surface area (Å²) in [5.74, 6) is -0.287. The number of aromatic nitrogens is 1. The average molecular weight is 569 g/mol. The molecule has 13 heteroatoms. The molecule has 1 aromatic heterocycles. The van der Waals surface area contributed by atoms with Crippen LogP contribution in [0, 0.1) is 27.3 Å². The maximum absolute atomic E-state index is 13.9. The molecular formula is C19H26FIN7NaO3. The summed E-state index contributed by atoms with van der Waals surface area (Å²) in [6.07, 6.45) is 3.55. The molecule has 2 amide bonds. The fourth-order valence-electron chi connectivity index (χ4n) is 3.45. The van der Waals surface area contributed by atoms with Gasteiger partial charge in [0.15, 0.2) is 0 Å². The van der Waals surface area contributed by atoms with E-state index in [2.05, 4.69) is 15.6 Å². The van der Waals surface area contributed by atoms with Crippen LogP contribution in [0.5, 0.6) is 0 Å². The topological polar surface area (TPSA) is 165 Å². The van der Waals surface area contributed by atoms with E-state index in [0.717, 1.165) is 25.7 Å². The van der Waals surface area contributed by atoms with Crippen molar-refractivity contribution in [2.24, 2.45) is 17.8 Å². The zero-order valence-corrected chi connectivity index (χ0v) is 22.7. The molecule has 2 aliphatic rings.